The van der Waals surface area contributed by atoms with E-state index in [0.717, 1.165) is 81.3 Å². The highest BCUT2D eigenvalue weighted by Crippen LogP contribution is 2.34. The minimum atomic E-state index is 0.0512. The molecule has 2 fully saturated rings. The second-order valence-electron chi connectivity index (χ2n) is 8.68. The van der Waals surface area contributed by atoms with Crippen LogP contribution in [0.4, 0.5) is 0 Å². The lowest BCUT2D eigenvalue weighted by molar-refractivity contribution is 0.121. The van der Waals surface area contributed by atoms with E-state index in [1.807, 2.05) is 6.20 Å². The molecule has 7 nitrogen and oxygen atoms in total. The van der Waals surface area contributed by atoms with E-state index in [1.54, 1.807) is 10.7 Å². The Bertz CT molecular complexity index is 914. The second-order valence-corrected chi connectivity index (χ2v) is 8.68. The molecule has 2 aromatic rings. The van der Waals surface area contributed by atoms with Crippen LogP contribution in [0.1, 0.15) is 54.4 Å². The lowest BCUT2D eigenvalue weighted by atomic mass is 9.85. The van der Waals surface area contributed by atoms with Crippen molar-refractivity contribution in [2.75, 3.05) is 32.7 Å². The van der Waals surface area contributed by atoms with E-state index in [4.69, 9.17) is 4.98 Å². The van der Waals surface area contributed by atoms with Crippen LogP contribution in [-0.4, -0.2) is 62.3 Å². The molecule has 0 spiro atoms. The molecule has 7 heteroatoms. The molecule has 2 aliphatic carbocycles. The maximum absolute atomic E-state index is 12.3. The summed E-state index contributed by atoms with van der Waals surface area (Å²) in [6.07, 6.45) is 8.87. The van der Waals surface area contributed by atoms with Gasteiger partial charge in [-0.3, -0.25) is 14.6 Å². The first-order chi connectivity index (χ1) is 14.2. The van der Waals surface area contributed by atoms with Crippen molar-refractivity contribution in [2.24, 2.45) is 0 Å². The molecule has 0 bridgehead atoms. The highest BCUT2D eigenvalue weighted by atomic mass is 16.1. The molecule has 1 saturated carbocycles. The molecule has 29 heavy (non-hydrogen) atoms. The molecule has 2 aromatic heterocycles. The van der Waals surface area contributed by atoms with Crippen molar-refractivity contribution in [2.45, 2.75) is 57.5 Å². The number of piperazine rings is 1. The third-order valence-electron chi connectivity index (χ3n) is 6.70. The Morgan fingerprint density at radius 2 is 1.83 bits per heavy atom. The first kappa shape index (κ1) is 18.9. The van der Waals surface area contributed by atoms with E-state index in [9.17, 15) is 4.79 Å². The number of aromatic nitrogens is 4. The van der Waals surface area contributed by atoms with Gasteiger partial charge in [-0.05, 0) is 43.7 Å². The fourth-order valence-corrected chi connectivity index (χ4v) is 4.60. The van der Waals surface area contributed by atoms with Crippen LogP contribution in [0, 0.1) is 0 Å². The predicted molar refractivity (Wildman–Crippen MR) is 111 cm³/mol. The van der Waals surface area contributed by atoms with Crippen molar-refractivity contribution in [3.8, 4) is 0 Å². The molecular weight excluding hydrogens is 364 g/mol. The summed E-state index contributed by atoms with van der Waals surface area (Å²) in [5.41, 5.74) is 3.48. The molecule has 0 radical (unpaired) electrons. The lowest BCUT2D eigenvalue weighted by Crippen LogP contribution is -2.47. The Kier molecular flexibility index (Phi) is 5.42. The molecule has 154 valence electrons. The Morgan fingerprint density at radius 3 is 2.62 bits per heavy atom. The maximum atomic E-state index is 12.3. The molecule has 3 heterocycles. The molecule has 0 unspecified atom stereocenters. The van der Waals surface area contributed by atoms with Crippen LogP contribution in [0.25, 0.3) is 0 Å². The normalized spacial score (nSPS) is 20.6. The third kappa shape index (κ3) is 4.26. The highest BCUT2D eigenvalue weighted by molar-refractivity contribution is 5.22. The number of rotatable bonds is 6. The van der Waals surface area contributed by atoms with Crippen molar-refractivity contribution in [1.82, 2.24) is 29.5 Å². The van der Waals surface area contributed by atoms with Crippen molar-refractivity contribution in [3.05, 3.63) is 51.5 Å². The van der Waals surface area contributed by atoms with Gasteiger partial charge in [0.15, 0.2) is 0 Å². The summed E-state index contributed by atoms with van der Waals surface area (Å²) in [4.78, 5) is 26.5. The van der Waals surface area contributed by atoms with Gasteiger partial charge in [0.2, 0.25) is 0 Å². The van der Waals surface area contributed by atoms with Crippen LogP contribution >= 0.6 is 0 Å². The van der Waals surface area contributed by atoms with Crippen molar-refractivity contribution in [3.63, 3.8) is 0 Å². The van der Waals surface area contributed by atoms with Gasteiger partial charge in [-0.25, -0.2) is 14.6 Å². The standard InChI is InChI=1S/C22H30N6O/c29-21-15-18-5-2-6-20(18)25-28(21)14-13-26-9-11-27(12-10-26)16-19-7-8-23-22(24-19)17-3-1-4-17/h7-8,15,17H,1-6,9-14,16H2. The van der Waals surface area contributed by atoms with Gasteiger partial charge in [0.25, 0.3) is 5.56 Å². The van der Waals surface area contributed by atoms with Crippen molar-refractivity contribution in [1.29, 1.82) is 0 Å². The molecular formula is C22H30N6O. The smallest absolute Gasteiger partial charge is 0.267 e. The Balaban J connectivity index is 1.11. The van der Waals surface area contributed by atoms with Crippen LogP contribution in [0.3, 0.4) is 0 Å². The monoisotopic (exact) mass is 394 g/mol. The average molecular weight is 395 g/mol. The van der Waals surface area contributed by atoms with E-state index in [1.165, 1.54) is 19.3 Å². The van der Waals surface area contributed by atoms with Crippen LogP contribution in [0.15, 0.2) is 23.1 Å². The van der Waals surface area contributed by atoms with Crippen molar-refractivity contribution < 1.29 is 0 Å². The minimum Gasteiger partial charge on any atom is -0.299 e. The second kappa shape index (κ2) is 8.32. The summed E-state index contributed by atoms with van der Waals surface area (Å²) in [5.74, 6) is 1.63. The summed E-state index contributed by atoms with van der Waals surface area (Å²) >= 11 is 0. The molecule has 0 atom stereocenters. The zero-order valence-corrected chi connectivity index (χ0v) is 17.1. The summed E-state index contributed by atoms with van der Waals surface area (Å²) in [5, 5.41) is 4.60. The van der Waals surface area contributed by atoms with Crippen LogP contribution < -0.4 is 5.56 Å². The molecule has 0 aromatic carbocycles. The third-order valence-corrected chi connectivity index (χ3v) is 6.70. The van der Waals surface area contributed by atoms with Gasteiger partial charge in [0.05, 0.1) is 17.9 Å². The Morgan fingerprint density at radius 1 is 1.00 bits per heavy atom. The van der Waals surface area contributed by atoms with Gasteiger partial charge >= 0.3 is 0 Å². The predicted octanol–water partition coefficient (Wildman–Crippen LogP) is 1.61. The SMILES string of the molecule is O=c1cc2c(nn1CCN1CCN(Cc3ccnc(C4CCC4)n3)CC1)CCC2. The van der Waals surface area contributed by atoms with E-state index in [0.29, 0.717) is 12.5 Å². The van der Waals surface area contributed by atoms with Crippen molar-refractivity contribution >= 4 is 0 Å². The van der Waals surface area contributed by atoms with Gasteiger partial charge in [-0.2, -0.15) is 5.10 Å². The van der Waals surface area contributed by atoms with E-state index < -0.39 is 0 Å². The van der Waals surface area contributed by atoms with Gasteiger partial charge in [-0.1, -0.05) is 6.42 Å². The number of hydrogen-bond acceptors (Lipinski definition) is 6. The molecule has 0 amide bonds. The van der Waals surface area contributed by atoms with E-state index >= 15 is 0 Å². The summed E-state index contributed by atoms with van der Waals surface area (Å²) in [7, 11) is 0. The number of aryl methyl sites for hydroxylation is 2. The highest BCUT2D eigenvalue weighted by Gasteiger charge is 2.23. The van der Waals surface area contributed by atoms with Gasteiger partial charge in [-0.15, -0.1) is 0 Å². The topological polar surface area (TPSA) is 67.2 Å². The van der Waals surface area contributed by atoms with Gasteiger partial charge in [0, 0.05) is 57.4 Å². The Hall–Kier alpha value is -2.12. The zero-order valence-electron chi connectivity index (χ0n) is 17.1. The van der Waals surface area contributed by atoms with E-state index in [2.05, 4.69) is 25.9 Å². The quantitative estimate of drug-likeness (QED) is 0.742. The van der Waals surface area contributed by atoms with Crippen LogP contribution in [0.2, 0.25) is 0 Å². The largest absolute Gasteiger partial charge is 0.299 e. The molecule has 0 N–H and O–H groups in total. The summed E-state index contributed by atoms with van der Waals surface area (Å²) < 4.78 is 1.67. The number of nitrogens with zero attached hydrogens (tertiary/aromatic N) is 6. The molecule has 1 saturated heterocycles. The summed E-state index contributed by atoms with van der Waals surface area (Å²) in [6, 6.07) is 3.85. The maximum Gasteiger partial charge on any atom is 0.267 e. The average Bonchev–Trinajstić information content (AvgIpc) is 3.13. The van der Waals surface area contributed by atoms with E-state index in [-0.39, 0.29) is 5.56 Å². The molecule has 5 rings (SSSR count). The first-order valence-corrected chi connectivity index (χ1v) is 11.1. The number of fused-ring (bicyclic) bond motifs is 1. The first-order valence-electron chi connectivity index (χ1n) is 11.1. The Labute approximate surface area is 171 Å². The van der Waals surface area contributed by atoms with Crippen LogP contribution in [0.5, 0.6) is 0 Å². The number of hydrogen-bond donors (Lipinski definition) is 0. The minimum absolute atomic E-state index is 0.0512. The van der Waals surface area contributed by atoms with Crippen LogP contribution in [-0.2, 0) is 25.9 Å². The fourth-order valence-electron chi connectivity index (χ4n) is 4.60. The summed E-state index contributed by atoms with van der Waals surface area (Å²) in [6.45, 7) is 6.61. The molecule has 1 aliphatic heterocycles. The zero-order chi connectivity index (χ0) is 19.6. The molecule has 3 aliphatic rings. The fraction of sp³-hybridized carbons (Fsp3) is 0.636. The lowest BCUT2D eigenvalue weighted by Gasteiger charge is -2.34. The van der Waals surface area contributed by atoms with Gasteiger partial charge < -0.3 is 0 Å². The van der Waals surface area contributed by atoms with Gasteiger partial charge in [0.1, 0.15) is 5.82 Å².